The first-order valence-electron chi connectivity index (χ1n) is 14.0. The van der Waals surface area contributed by atoms with Crippen LogP contribution < -0.4 is 20.7 Å². The van der Waals surface area contributed by atoms with E-state index in [1.54, 1.807) is 110 Å². The molecule has 3 N–H and O–H groups in total. The standard InChI is InChI=1S/C34H27N5O6S2/c1-45-27-14-10-22(11-15-27)18-29(36-32(41)23-6-3-2-4-7-23)33(42)35-25-12-16-28(17-13-25)46-21-31(40)38-34-37-30(20-47-34)24-8-5-9-26(19-24)39(43)44/h2-20H,21H2,1H3,(H,35,42)(H,36,41)(H,37,38,40)/b29-18-. The fraction of sp³-hybridized carbons (Fsp3) is 0.0588. The molecule has 3 amide bonds. The molecule has 0 aliphatic rings. The molecule has 0 aliphatic carbocycles. The number of rotatable bonds is 12. The molecule has 0 saturated carbocycles. The van der Waals surface area contributed by atoms with Gasteiger partial charge in [0.25, 0.3) is 17.5 Å². The summed E-state index contributed by atoms with van der Waals surface area (Å²) in [5, 5.41) is 21.4. The van der Waals surface area contributed by atoms with Crippen LogP contribution in [0.5, 0.6) is 5.75 Å². The average Bonchev–Trinajstić information content (AvgIpc) is 3.56. The van der Waals surface area contributed by atoms with Gasteiger partial charge < -0.3 is 20.7 Å². The molecule has 0 fully saturated rings. The van der Waals surface area contributed by atoms with E-state index in [2.05, 4.69) is 20.9 Å². The zero-order chi connectivity index (χ0) is 33.2. The number of nitrogens with one attached hydrogen (secondary N) is 3. The predicted octanol–water partition coefficient (Wildman–Crippen LogP) is 6.87. The van der Waals surface area contributed by atoms with Crippen LogP contribution in [0.2, 0.25) is 0 Å². The van der Waals surface area contributed by atoms with Crippen molar-refractivity contribution in [3.63, 3.8) is 0 Å². The molecule has 0 bridgehead atoms. The summed E-state index contributed by atoms with van der Waals surface area (Å²) in [7, 11) is 1.56. The summed E-state index contributed by atoms with van der Waals surface area (Å²) < 4.78 is 5.20. The van der Waals surface area contributed by atoms with Gasteiger partial charge in [0.05, 0.1) is 23.5 Å². The number of anilines is 2. The number of nitrogens with zero attached hydrogens (tertiary/aromatic N) is 2. The van der Waals surface area contributed by atoms with E-state index in [-0.39, 0.29) is 23.0 Å². The van der Waals surface area contributed by atoms with Crippen molar-refractivity contribution >= 4 is 63.4 Å². The quantitative estimate of drug-likeness (QED) is 0.0565. The van der Waals surface area contributed by atoms with E-state index in [0.717, 1.165) is 4.90 Å². The highest BCUT2D eigenvalue weighted by atomic mass is 32.2. The van der Waals surface area contributed by atoms with E-state index in [0.29, 0.717) is 39.0 Å². The largest absolute Gasteiger partial charge is 0.497 e. The molecular weight excluding hydrogens is 639 g/mol. The van der Waals surface area contributed by atoms with Crippen LogP contribution in [0.25, 0.3) is 17.3 Å². The highest BCUT2D eigenvalue weighted by Crippen LogP contribution is 2.28. The Labute approximate surface area is 277 Å². The molecule has 13 heteroatoms. The number of thioether (sulfide) groups is 1. The molecule has 0 atom stereocenters. The van der Waals surface area contributed by atoms with Gasteiger partial charge in [-0.15, -0.1) is 23.1 Å². The van der Waals surface area contributed by atoms with Crippen LogP contribution in [0.1, 0.15) is 15.9 Å². The Morgan fingerprint density at radius 3 is 2.38 bits per heavy atom. The zero-order valence-corrected chi connectivity index (χ0v) is 26.5. The monoisotopic (exact) mass is 665 g/mol. The van der Waals surface area contributed by atoms with Crippen molar-refractivity contribution in [1.82, 2.24) is 10.3 Å². The van der Waals surface area contributed by atoms with Crippen LogP contribution in [-0.2, 0) is 9.59 Å². The molecule has 1 heterocycles. The van der Waals surface area contributed by atoms with Gasteiger partial charge in [0.2, 0.25) is 5.91 Å². The summed E-state index contributed by atoms with van der Waals surface area (Å²) in [5.74, 6) is -0.443. The van der Waals surface area contributed by atoms with Gasteiger partial charge in [0.1, 0.15) is 11.4 Å². The first-order valence-corrected chi connectivity index (χ1v) is 15.9. The number of benzene rings is 4. The second-order valence-electron chi connectivity index (χ2n) is 9.81. The molecule has 5 rings (SSSR count). The molecule has 0 spiro atoms. The summed E-state index contributed by atoms with van der Waals surface area (Å²) in [6.45, 7) is 0. The maximum Gasteiger partial charge on any atom is 0.272 e. The normalized spacial score (nSPS) is 11.0. The maximum absolute atomic E-state index is 13.3. The van der Waals surface area contributed by atoms with Gasteiger partial charge in [0.15, 0.2) is 5.13 Å². The fourth-order valence-electron chi connectivity index (χ4n) is 4.19. The Morgan fingerprint density at radius 1 is 0.936 bits per heavy atom. The summed E-state index contributed by atoms with van der Waals surface area (Å²) in [4.78, 5) is 54.5. The van der Waals surface area contributed by atoms with Crippen LogP contribution in [0, 0.1) is 10.1 Å². The second-order valence-corrected chi connectivity index (χ2v) is 11.7. The Bertz CT molecular complexity index is 1930. The van der Waals surface area contributed by atoms with Gasteiger partial charge in [-0.1, -0.05) is 42.5 Å². The van der Waals surface area contributed by atoms with Gasteiger partial charge in [-0.25, -0.2) is 4.98 Å². The summed E-state index contributed by atoms with van der Waals surface area (Å²) in [6.07, 6.45) is 1.58. The van der Waals surface area contributed by atoms with E-state index in [1.807, 2.05) is 0 Å². The molecule has 11 nitrogen and oxygen atoms in total. The number of thiazole rings is 1. The number of carbonyl (C=O) groups excluding carboxylic acids is 3. The lowest BCUT2D eigenvalue weighted by atomic mass is 10.1. The van der Waals surface area contributed by atoms with E-state index in [9.17, 15) is 24.5 Å². The Kier molecular flexibility index (Phi) is 10.7. The first-order chi connectivity index (χ1) is 22.8. The van der Waals surface area contributed by atoms with Gasteiger partial charge in [-0.05, 0) is 60.2 Å². The lowest BCUT2D eigenvalue weighted by Crippen LogP contribution is -2.30. The molecule has 0 unspecified atom stereocenters. The summed E-state index contributed by atoms with van der Waals surface area (Å²) in [6, 6.07) is 28.7. The number of ether oxygens (including phenoxy) is 1. The van der Waals surface area contributed by atoms with Crippen LogP contribution >= 0.6 is 23.1 Å². The highest BCUT2D eigenvalue weighted by Gasteiger charge is 2.16. The zero-order valence-electron chi connectivity index (χ0n) is 24.8. The van der Waals surface area contributed by atoms with Crippen molar-refractivity contribution in [2.75, 3.05) is 23.5 Å². The number of hydrogen-bond acceptors (Lipinski definition) is 9. The summed E-state index contributed by atoms with van der Waals surface area (Å²) in [5.41, 5.74) is 2.71. The molecule has 4 aromatic carbocycles. The minimum Gasteiger partial charge on any atom is -0.497 e. The lowest BCUT2D eigenvalue weighted by Gasteiger charge is -2.12. The van der Waals surface area contributed by atoms with Gasteiger partial charge in [-0.2, -0.15) is 0 Å². The Balaban J connectivity index is 1.18. The van der Waals surface area contributed by atoms with Crippen LogP contribution in [-0.4, -0.2) is 40.5 Å². The Hall–Kier alpha value is -5.79. The number of hydrogen-bond donors (Lipinski definition) is 3. The molecule has 47 heavy (non-hydrogen) atoms. The van der Waals surface area contributed by atoms with Crippen molar-refractivity contribution in [3.05, 3.63) is 135 Å². The van der Waals surface area contributed by atoms with Crippen molar-refractivity contribution in [1.29, 1.82) is 0 Å². The lowest BCUT2D eigenvalue weighted by molar-refractivity contribution is -0.384. The molecule has 236 valence electrons. The van der Waals surface area contributed by atoms with Crippen molar-refractivity contribution in [3.8, 4) is 17.0 Å². The maximum atomic E-state index is 13.3. The second kappa shape index (κ2) is 15.5. The van der Waals surface area contributed by atoms with E-state index < -0.39 is 16.7 Å². The topological polar surface area (TPSA) is 153 Å². The minimum atomic E-state index is -0.516. The SMILES string of the molecule is COc1ccc(/C=C(\NC(=O)c2ccccc2)C(=O)Nc2ccc(SCC(=O)Nc3nc(-c4cccc([N+](=O)[O-])c4)cs3)cc2)cc1. The van der Waals surface area contributed by atoms with Crippen molar-refractivity contribution in [2.45, 2.75) is 4.90 Å². The van der Waals surface area contributed by atoms with Gasteiger partial charge in [-0.3, -0.25) is 24.5 Å². The smallest absolute Gasteiger partial charge is 0.272 e. The molecule has 0 aliphatic heterocycles. The number of non-ortho nitro benzene ring substituents is 1. The van der Waals surface area contributed by atoms with Gasteiger partial charge >= 0.3 is 0 Å². The average molecular weight is 666 g/mol. The third-order valence-corrected chi connectivity index (χ3v) is 8.31. The van der Waals surface area contributed by atoms with E-state index in [1.165, 1.54) is 35.2 Å². The number of carbonyl (C=O) groups is 3. The number of nitro benzene ring substituents is 1. The van der Waals surface area contributed by atoms with Crippen LogP contribution in [0.3, 0.4) is 0 Å². The molecule has 0 saturated heterocycles. The third-order valence-electron chi connectivity index (χ3n) is 6.54. The summed E-state index contributed by atoms with van der Waals surface area (Å²) >= 11 is 2.52. The van der Waals surface area contributed by atoms with Crippen molar-refractivity contribution in [2.24, 2.45) is 0 Å². The number of nitro groups is 1. The fourth-order valence-corrected chi connectivity index (χ4v) is 5.62. The highest BCUT2D eigenvalue weighted by molar-refractivity contribution is 8.00. The van der Waals surface area contributed by atoms with E-state index >= 15 is 0 Å². The molecule has 0 radical (unpaired) electrons. The van der Waals surface area contributed by atoms with Gasteiger partial charge in [0, 0.05) is 39.2 Å². The van der Waals surface area contributed by atoms with E-state index in [4.69, 9.17) is 4.74 Å². The van der Waals surface area contributed by atoms with Crippen LogP contribution in [0.15, 0.2) is 119 Å². The molecular formula is C34H27N5O6S2. The molecule has 5 aromatic rings. The number of aromatic nitrogens is 1. The number of methoxy groups -OCH3 is 1. The molecule has 1 aromatic heterocycles. The first kappa shape index (κ1) is 32.6. The minimum absolute atomic E-state index is 0.0386. The number of amides is 3. The van der Waals surface area contributed by atoms with Crippen LogP contribution in [0.4, 0.5) is 16.5 Å². The van der Waals surface area contributed by atoms with Crippen molar-refractivity contribution < 1.29 is 24.0 Å². The Morgan fingerprint density at radius 2 is 1.68 bits per heavy atom. The predicted molar refractivity (Wildman–Crippen MR) is 184 cm³/mol. The third kappa shape index (κ3) is 9.12.